The third-order valence-corrected chi connectivity index (χ3v) is 3.47. The van der Waals surface area contributed by atoms with E-state index in [1.807, 2.05) is 20.8 Å². The number of rotatable bonds is 4. The lowest BCUT2D eigenvalue weighted by Gasteiger charge is -2.25. The quantitative estimate of drug-likeness (QED) is 0.845. The predicted octanol–water partition coefficient (Wildman–Crippen LogP) is 3.41. The molecule has 0 saturated heterocycles. The highest BCUT2D eigenvalue weighted by atomic mass is 35.5. The zero-order valence-electron chi connectivity index (χ0n) is 12.0. The van der Waals surface area contributed by atoms with Gasteiger partial charge in [-0.25, -0.2) is 0 Å². The average Bonchev–Trinajstić information content (AvgIpc) is 2.38. The van der Waals surface area contributed by atoms with Crippen LogP contribution in [0, 0.1) is 0 Å². The van der Waals surface area contributed by atoms with E-state index in [4.69, 9.17) is 23.2 Å². The molecule has 2 N–H and O–H groups in total. The van der Waals surface area contributed by atoms with Crippen LogP contribution in [0.25, 0.3) is 0 Å². The molecule has 0 aliphatic rings. The molecule has 0 amide bonds. The summed E-state index contributed by atoms with van der Waals surface area (Å²) >= 11 is 11.9. The first-order valence-electron chi connectivity index (χ1n) is 6.48. The van der Waals surface area contributed by atoms with Gasteiger partial charge in [-0.1, -0.05) is 29.3 Å². The Morgan fingerprint density at radius 2 is 1.67 bits per heavy atom. The van der Waals surface area contributed by atoms with Crippen LogP contribution in [0.1, 0.15) is 26.3 Å². The van der Waals surface area contributed by atoms with E-state index in [0.717, 1.165) is 5.56 Å². The van der Waals surface area contributed by atoms with Gasteiger partial charge in [-0.3, -0.25) is 9.59 Å². The van der Waals surface area contributed by atoms with Crippen LogP contribution in [-0.2, 0) is 6.54 Å². The molecule has 0 saturated carbocycles. The van der Waals surface area contributed by atoms with E-state index < -0.39 is 10.9 Å². The van der Waals surface area contributed by atoms with Gasteiger partial charge in [0.1, 0.15) is 11.4 Å². The van der Waals surface area contributed by atoms with Gasteiger partial charge >= 0.3 is 0 Å². The standard InChI is InChI=1S/C15H16Cl2N2O2/c1-15(2,3)19-12-11(13(20)14(12)21)18-7-8-4-5-9(16)6-10(8)17/h4-6,18-19H,7H2,1-3H3. The molecule has 0 radical (unpaired) electrons. The first-order valence-corrected chi connectivity index (χ1v) is 7.24. The molecule has 0 fully saturated rings. The van der Waals surface area contributed by atoms with Crippen LogP contribution in [-0.4, -0.2) is 5.54 Å². The maximum Gasteiger partial charge on any atom is 0.253 e. The largest absolute Gasteiger partial charge is 0.376 e. The first-order chi connectivity index (χ1) is 9.69. The second kappa shape index (κ2) is 5.70. The van der Waals surface area contributed by atoms with Crippen molar-refractivity contribution in [1.29, 1.82) is 0 Å². The van der Waals surface area contributed by atoms with E-state index in [-0.39, 0.29) is 5.54 Å². The molecule has 2 rings (SSSR count). The molecule has 6 heteroatoms. The summed E-state index contributed by atoms with van der Waals surface area (Å²) < 4.78 is 0. The Balaban J connectivity index is 2.16. The predicted molar refractivity (Wildman–Crippen MR) is 88.5 cm³/mol. The normalized spacial score (nSPS) is 11.7. The van der Waals surface area contributed by atoms with E-state index in [0.29, 0.717) is 28.0 Å². The summed E-state index contributed by atoms with van der Waals surface area (Å²) in [5, 5.41) is 7.07. The fourth-order valence-electron chi connectivity index (χ4n) is 1.90. The van der Waals surface area contributed by atoms with Crippen LogP contribution in [0.5, 0.6) is 0 Å². The van der Waals surface area contributed by atoms with Gasteiger partial charge in [0, 0.05) is 22.1 Å². The number of hydrogen-bond acceptors (Lipinski definition) is 4. The van der Waals surface area contributed by atoms with Crippen molar-refractivity contribution in [1.82, 2.24) is 0 Å². The van der Waals surface area contributed by atoms with E-state index in [2.05, 4.69) is 10.6 Å². The maximum atomic E-state index is 11.7. The SMILES string of the molecule is CC(C)(C)Nc1c(NCc2ccc(Cl)cc2Cl)c(=O)c1=O. The topological polar surface area (TPSA) is 58.2 Å². The van der Waals surface area contributed by atoms with Crippen LogP contribution < -0.4 is 21.5 Å². The number of halogens is 2. The van der Waals surface area contributed by atoms with Gasteiger partial charge in [0.05, 0.1) is 0 Å². The summed E-state index contributed by atoms with van der Waals surface area (Å²) in [6.45, 7) is 6.11. The zero-order valence-corrected chi connectivity index (χ0v) is 13.5. The molecule has 2 aromatic rings. The zero-order chi connectivity index (χ0) is 15.8. The summed E-state index contributed by atoms with van der Waals surface area (Å²) in [5.74, 6) is 0. The third kappa shape index (κ3) is 3.57. The van der Waals surface area contributed by atoms with Crippen molar-refractivity contribution < 1.29 is 0 Å². The van der Waals surface area contributed by atoms with Gasteiger partial charge in [0.25, 0.3) is 10.9 Å². The molecule has 0 aromatic heterocycles. The molecule has 0 unspecified atom stereocenters. The van der Waals surface area contributed by atoms with Crippen molar-refractivity contribution in [3.8, 4) is 0 Å². The summed E-state index contributed by atoms with van der Waals surface area (Å²) in [4.78, 5) is 23.3. The summed E-state index contributed by atoms with van der Waals surface area (Å²) in [5.41, 5.74) is 0.145. The molecule has 0 spiro atoms. The van der Waals surface area contributed by atoms with Crippen LogP contribution in [0.4, 0.5) is 11.4 Å². The van der Waals surface area contributed by atoms with E-state index in [9.17, 15) is 9.59 Å². The van der Waals surface area contributed by atoms with Crippen molar-refractivity contribution in [2.45, 2.75) is 32.9 Å². The molecule has 2 aromatic carbocycles. The minimum atomic E-state index is -0.508. The molecular weight excluding hydrogens is 311 g/mol. The third-order valence-electron chi connectivity index (χ3n) is 2.88. The molecule has 112 valence electrons. The Kier molecular flexibility index (Phi) is 4.30. The fraction of sp³-hybridized carbons (Fsp3) is 0.333. The van der Waals surface area contributed by atoms with Gasteiger partial charge in [-0.05, 0) is 38.5 Å². The van der Waals surface area contributed by atoms with Crippen molar-refractivity contribution in [2.75, 3.05) is 10.6 Å². The molecule has 0 bridgehead atoms. The maximum absolute atomic E-state index is 11.7. The Labute approximate surface area is 132 Å². The summed E-state index contributed by atoms with van der Waals surface area (Å²) in [6, 6.07) is 5.14. The second-order valence-corrected chi connectivity index (χ2v) is 6.72. The highest BCUT2D eigenvalue weighted by Crippen LogP contribution is 2.24. The van der Waals surface area contributed by atoms with Crippen molar-refractivity contribution in [3.05, 3.63) is 54.3 Å². The Hall–Kier alpha value is -1.52. The van der Waals surface area contributed by atoms with Crippen LogP contribution in [0.3, 0.4) is 0 Å². The Morgan fingerprint density at radius 1 is 1.05 bits per heavy atom. The smallest absolute Gasteiger partial charge is 0.253 e. The fourth-order valence-corrected chi connectivity index (χ4v) is 2.38. The average molecular weight is 327 g/mol. The lowest BCUT2D eigenvalue weighted by Crippen LogP contribution is -2.41. The molecule has 0 heterocycles. The minimum absolute atomic E-state index is 0.295. The molecule has 4 nitrogen and oxygen atoms in total. The Bertz CT molecular complexity index is 741. The summed E-state index contributed by atoms with van der Waals surface area (Å²) in [6.07, 6.45) is 0. The number of benzene rings is 1. The number of anilines is 2. The molecule has 21 heavy (non-hydrogen) atoms. The van der Waals surface area contributed by atoms with Crippen molar-refractivity contribution in [2.24, 2.45) is 0 Å². The van der Waals surface area contributed by atoms with Crippen LogP contribution in [0.2, 0.25) is 10.0 Å². The monoisotopic (exact) mass is 326 g/mol. The Morgan fingerprint density at radius 3 is 2.24 bits per heavy atom. The molecular formula is C15H16Cl2N2O2. The minimum Gasteiger partial charge on any atom is -0.376 e. The number of nitrogens with one attached hydrogen (secondary N) is 2. The van der Waals surface area contributed by atoms with Gasteiger partial charge in [-0.15, -0.1) is 0 Å². The van der Waals surface area contributed by atoms with Crippen LogP contribution >= 0.6 is 23.2 Å². The van der Waals surface area contributed by atoms with E-state index in [1.54, 1.807) is 18.2 Å². The summed E-state index contributed by atoms with van der Waals surface area (Å²) in [7, 11) is 0. The van der Waals surface area contributed by atoms with Gasteiger partial charge in [0.15, 0.2) is 0 Å². The van der Waals surface area contributed by atoms with Gasteiger partial charge < -0.3 is 10.6 Å². The second-order valence-electron chi connectivity index (χ2n) is 5.87. The lowest BCUT2D eigenvalue weighted by molar-refractivity contribution is 0.632. The first kappa shape index (κ1) is 15.9. The van der Waals surface area contributed by atoms with Crippen molar-refractivity contribution in [3.63, 3.8) is 0 Å². The molecule has 0 aliphatic carbocycles. The van der Waals surface area contributed by atoms with Crippen LogP contribution in [0.15, 0.2) is 27.8 Å². The van der Waals surface area contributed by atoms with Crippen molar-refractivity contribution >= 4 is 34.6 Å². The molecule has 0 atom stereocenters. The highest BCUT2D eigenvalue weighted by molar-refractivity contribution is 6.35. The molecule has 0 aliphatic heterocycles. The van der Waals surface area contributed by atoms with E-state index in [1.165, 1.54) is 0 Å². The lowest BCUT2D eigenvalue weighted by atomic mass is 10.1. The van der Waals surface area contributed by atoms with E-state index >= 15 is 0 Å². The van der Waals surface area contributed by atoms with Gasteiger partial charge in [0.2, 0.25) is 0 Å². The number of hydrogen-bond donors (Lipinski definition) is 2. The highest BCUT2D eigenvalue weighted by Gasteiger charge is 2.24. The van der Waals surface area contributed by atoms with Gasteiger partial charge in [-0.2, -0.15) is 0 Å².